The predicted octanol–water partition coefficient (Wildman–Crippen LogP) is 10.7. The Bertz CT molecular complexity index is 2180. The van der Waals surface area contributed by atoms with Crippen LogP contribution >= 0.6 is 0 Å². The van der Waals surface area contributed by atoms with E-state index < -0.39 is 0 Å². The van der Waals surface area contributed by atoms with Gasteiger partial charge in [0.2, 0.25) is 0 Å². The first-order valence-electron chi connectivity index (χ1n) is 15.6. The fraction of sp³-hybridized carbons (Fsp3) is 0.195. The maximum Gasteiger partial charge on any atom is 0.164 e. The van der Waals surface area contributed by atoms with Crippen molar-refractivity contribution in [3.8, 4) is 34.2 Å². The number of aromatic nitrogens is 3. The molecule has 214 valence electrons. The normalized spacial score (nSPS) is 15.5. The SMILES string of the molecule is CC1(C)CCC(C)(C)c2cc(-c3nc(-c4ccccc4)nc(-c4cccc5c6ccccc6c6ccccc6c45)n3)ccc21. The van der Waals surface area contributed by atoms with Crippen molar-refractivity contribution in [2.45, 2.75) is 51.4 Å². The lowest BCUT2D eigenvalue weighted by Gasteiger charge is -2.42. The first-order valence-corrected chi connectivity index (χ1v) is 15.6. The van der Waals surface area contributed by atoms with Gasteiger partial charge in [0.25, 0.3) is 0 Å². The van der Waals surface area contributed by atoms with Crippen LogP contribution in [0.2, 0.25) is 0 Å². The third kappa shape index (κ3) is 4.22. The van der Waals surface area contributed by atoms with E-state index in [1.165, 1.54) is 49.9 Å². The minimum atomic E-state index is 0.0919. The first-order chi connectivity index (χ1) is 21.3. The van der Waals surface area contributed by atoms with Gasteiger partial charge in [-0.25, -0.2) is 15.0 Å². The smallest absolute Gasteiger partial charge is 0.164 e. The van der Waals surface area contributed by atoms with Crippen molar-refractivity contribution in [2.24, 2.45) is 0 Å². The van der Waals surface area contributed by atoms with Crippen molar-refractivity contribution in [3.63, 3.8) is 0 Å². The van der Waals surface area contributed by atoms with Gasteiger partial charge in [0.05, 0.1) is 0 Å². The van der Waals surface area contributed by atoms with Crippen LogP contribution in [0, 0.1) is 0 Å². The fourth-order valence-electron chi connectivity index (χ4n) is 7.21. The van der Waals surface area contributed by atoms with Gasteiger partial charge in [0.1, 0.15) is 0 Å². The molecule has 3 heteroatoms. The van der Waals surface area contributed by atoms with Gasteiger partial charge in [-0.3, -0.25) is 0 Å². The Morgan fingerprint density at radius 3 is 1.59 bits per heavy atom. The number of fused-ring (bicyclic) bond motifs is 7. The highest BCUT2D eigenvalue weighted by molar-refractivity contribution is 6.28. The zero-order valence-electron chi connectivity index (χ0n) is 25.7. The zero-order valence-corrected chi connectivity index (χ0v) is 25.7. The molecule has 7 aromatic rings. The van der Waals surface area contributed by atoms with E-state index in [4.69, 9.17) is 15.0 Å². The van der Waals surface area contributed by atoms with Crippen molar-refractivity contribution < 1.29 is 0 Å². The Kier molecular flexibility index (Phi) is 5.96. The molecule has 0 saturated heterocycles. The highest BCUT2D eigenvalue weighted by Crippen LogP contribution is 2.47. The van der Waals surface area contributed by atoms with Crippen LogP contribution in [0.15, 0.2) is 115 Å². The average molecular weight is 570 g/mol. The van der Waals surface area contributed by atoms with Gasteiger partial charge >= 0.3 is 0 Å². The Labute approximate surface area is 258 Å². The van der Waals surface area contributed by atoms with Gasteiger partial charge in [0.15, 0.2) is 17.5 Å². The van der Waals surface area contributed by atoms with E-state index in [2.05, 4.69) is 125 Å². The van der Waals surface area contributed by atoms with Crippen molar-refractivity contribution in [1.29, 1.82) is 0 Å². The molecule has 1 heterocycles. The second kappa shape index (κ2) is 9.82. The minimum absolute atomic E-state index is 0.0919. The lowest BCUT2D eigenvalue weighted by atomic mass is 9.63. The quantitative estimate of drug-likeness (QED) is 0.199. The van der Waals surface area contributed by atoms with E-state index in [0.29, 0.717) is 17.5 Å². The maximum atomic E-state index is 5.25. The predicted molar refractivity (Wildman–Crippen MR) is 184 cm³/mol. The number of hydrogen-bond donors (Lipinski definition) is 0. The van der Waals surface area contributed by atoms with E-state index in [1.54, 1.807) is 0 Å². The molecule has 6 aromatic carbocycles. The molecule has 0 aliphatic heterocycles. The molecule has 0 amide bonds. The summed E-state index contributed by atoms with van der Waals surface area (Å²) in [6.07, 6.45) is 2.34. The second-order valence-corrected chi connectivity index (χ2v) is 13.5. The van der Waals surface area contributed by atoms with Gasteiger partial charge in [0, 0.05) is 22.1 Å². The van der Waals surface area contributed by atoms with Gasteiger partial charge in [-0.2, -0.15) is 0 Å². The summed E-state index contributed by atoms with van der Waals surface area (Å²) in [5, 5.41) is 7.32. The molecule has 0 unspecified atom stereocenters. The Hall–Kier alpha value is -4.89. The molecule has 0 saturated carbocycles. The summed E-state index contributed by atoms with van der Waals surface area (Å²) >= 11 is 0. The lowest BCUT2D eigenvalue weighted by Crippen LogP contribution is -2.33. The fourth-order valence-corrected chi connectivity index (χ4v) is 7.21. The number of nitrogens with zero attached hydrogens (tertiary/aromatic N) is 3. The average Bonchev–Trinajstić information content (AvgIpc) is 3.07. The van der Waals surface area contributed by atoms with Crippen LogP contribution in [0.25, 0.3) is 66.5 Å². The topological polar surface area (TPSA) is 38.7 Å². The lowest BCUT2D eigenvalue weighted by molar-refractivity contribution is 0.332. The third-order valence-corrected chi connectivity index (χ3v) is 9.79. The maximum absolute atomic E-state index is 5.25. The third-order valence-electron chi connectivity index (χ3n) is 9.79. The van der Waals surface area contributed by atoms with Crippen LogP contribution in [-0.4, -0.2) is 15.0 Å². The molecular weight excluding hydrogens is 534 g/mol. The largest absolute Gasteiger partial charge is 0.208 e. The highest BCUT2D eigenvalue weighted by Gasteiger charge is 2.37. The first kappa shape index (κ1) is 26.7. The summed E-state index contributed by atoms with van der Waals surface area (Å²) in [6, 6.07) is 41.0. The van der Waals surface area contributed by atoms with E-state index in [0.717, 1.165) is 23.1 Å². The Morgan fingerprint density at radius 1 is 0.432 bits per heavy atom. The van der Waals surface area contributed by atoms with E-state index in [9.17, 15) is 0 Å². The highest BCUT2D eigenvalue weighted by atomic mass is 15.0. The van der Waals surface area contributed by atoms with Gasteiger partial charge < -0.3 is 0 Å². The summed E-state index contributed by atoms with van der Waals surface area (Å²) in [7, 11) is 0. The molecule has 1 aliphatic rings. The second-order valence-electron chi connectivity index (χ2n) is 13.5. The molecule has 0 spiro atoms. The minimum Gasteiger partial charge on any atom is -0.208 e. The Balaban J connectivity index is 1.42. The molecule has 0 atom stereocenters. The summed E-state index contributed by atoms with van der Waals surface area (Å²) in [4.78, 5) is 15.5. The van der Waals surface area contributed by atoms with Crippen molar-refractivity contribution in [3.05, 3.63) is 126 Å². The van der Waals surface area contributed by atoms with E-state index in [1.807, 2.05) is 18.2 Å². The van der Waals surface area contributed by atoms with Crippen molar-refractivity contribution in [2.75, 3.05) is 0 Å². The molecule has 3 nitrogen and oxygen atoms in total. The molecule has 1 aliphatic carbocycles. The Morgan fingerprint density at radius 2 is 0.932 bits per heavy atom. The molecule has 0 radical (unpaired) electrons. The summed E-state index contributed by atoms with van der Waals surface area (Å²) in [5.74, 6) is 2.08. The van der Waals surface area contributed by atoms with Crippen LogP contribution in [0.5, 0.6) is 0 Å². The summed E-state index contributed by atoms with van der Waals surface area (Å²) in [6.45, 7) is 9.46. The number of benzene rings is 6. The standard InChI is InChI=1S/C41H35N3/c1-40(2)23-24-41(3,4)35-25-27(21-22-34(35)40)38-42-37(26-13-6-5-7-14-26)43-39(44-38)33-20-12-19-32-30-16-9-8-15-28(30)29-17-10-11-18-31(29)36(32)33/h5-22,25H,23-24H2,1-4H3. The van der Waals surface area contributed by atoms with Gasteiger partial charge in [-0.05, 0) is 67.8 Å². The van der Waals surface area contributed by atoms with Crippen molar-refractivity contribution >= 4 is 32.3 Å². The zero-order chi connectivity index (χ0) is 30.1. The molecule has 0 N–H and O–H groups in total. The van der Waals surface area contributed by atoms with Crippen molar-refractivity contribution in [1.82, 2.24) is 15.0 Å². The monoisotopic (exact) mass is 569 g/mol. The van der Waals surface area contributed by atoms with E-state index in [-0.39, 0.29) is 10.8 Å². The van der Waals surface area contributed by atoms with Crippen LogP contribution in [0.1, 0.15) is 51.7 Å². The van der Waals surface area contributed by atoms with Crippen LogP contribution < -0.4 is 0 Å². The van der Waals surface area contributed by atoms with Crippen LogP contribution in [0.3, 0.4) is 0 Å². The van der Waals surface area contributed by atoms with Gasteiger partial charge in [-0.15, -0.1) is 0 Å². The molecule has 1 aromatic heterocycles. The molecule has 0 fully saturated rings. The molecule has 0 bridgehead atoms. The summed E-state index contributed by atoms with van der Waals surface area (Å²) < 4.78 is 0. The van der Waals surface area contributed by atoms with E-state index >= 15 is 0 Å². The van der Waals surface area contributed by atoms with Crippen LogP contribution in [0.4, 0.5) is 0 Å². The van der Waals surface area contributed by atoms with Crippen LogP contribution in [-0.2, 0) is 10.8 Å². The molecule has 8 rings (SSSR count). The van der Waals surface area contributed by atoms with Gasteiger partial charge in [-0.1, -0.05) is 137 Å². The number of hydrogen-bond acceptors (Lipinski definition) is 3. The molecule has 44 heavy (non-hydrogen) atoms. The molecular formula is C41H35N3. The number of rotatable bonds is 3. The summed E-state index contributed by atoms with van der Waals surface area (Å²) in [5.41, 5.74) is 6.10.